The van der Waals surface area contributed by atoms with Gasteiger partial charge in [-0.2, -0.15) is 0 Å². The summed E-state index contributed by atoms with van der Waals surface area (Å²) in [6.07, 6.45) is 1.74. The summed E-state index contributed by atoms with van der Waals surface area (Å²) in [5.41, 5.74) is 7.20. The van der Waals surface area contributed by atoms with E-state index >= 15 is 0 Å². The van der Waals surface area contributed by atoms with E-state index in [0.717, 1.165) is 10.5 Å². The molecule has 2 aromatic heterocycles. The Balaban J connectivity index is 2.22. The van der Waals surface area contributed by atoms with Gasteiger partial charge < -0.3 is 15.0 Å². The second kappa shape index (κ2) is 4.75. The number of rotatable bonds is 3. The number of hydrogen-bond donors (Lipinski definition) is 1. The third-order valence-corrected chi connectivity index (χ3v) is 4.13. The highest BCUT2D eigenvalue weighted by molar-refractivity contribution is 7.09. The zero-order valence-corrected chi connectivity index (χ0v) is 11.8. The van der Waals surface area contributed by atoms with E-state index in [2.05, 4.69) is 9.97 Å². The lowest BCUT2D eigenvalue weighted by Crippen LogP contribution is -2.09. The van der Waals surface area contributed by atoms with Crippen LogP contribution in [0.4, 0.5) is 10.3 Å². The van der Waals surface area contributed by atoms with Crippen LogP contribution in [0.15, 0.2) is 23.7 Å². The lowest BCUT2D eigenvalue weighted by molar-refractivity contribution is 0.387. The molecule has 0 bridgehead atoms. The molecular formula is C13H13FN4OS. The molecule has 0 fully saturated rings. The van der Waals surface area contributed by atoms with Gasteiger partial charge >= 0.3 is 0 Å². The number of imidazole rings is 1. The number of halogens is 1. The third kappa shape index (κ3) is 1.90. The van der Waals surface area contributed by atoms with Crippen molar-refractivity contribution in [2.45, 2.75) is 13.0 Å². The number of anilines is 1. The van der Waals surface area contributed by atoms with Crippen molar-refractivity contribution >= 4 is 28.3 Å². The van der Waals surface area contributed by atoms with E-state index < -0.39 is 5.82 Å². The largest absolute Gasteiger partial charge is 0.494 e. The molecular weight excluding hydrogens is 279 g/mol. The topological polar surface area (TPSA) is 66.0 Å². The number of methoxy groups -OCH3 is 1. The number of hydrogen-bond acceptors (Lipinski definition) is 5. The van der Waals surface area contributed by atoms with Gasteiger partial charge in [0.15, 0.2) is 11.6 Å². The van der Waals surface area contributed by atoms with Crippen LogP contribution in [0.2, 0.25) is 0 Å². The van der Waals surface area contributed by atoms with Crippen molar-refractivity contribution in [1.29, 1.82) is 0 Å². The van der Waals surface area contributed by atoms with E-state index in [1.54, 1.807) is 12.3 Å². The molecule has 0 aliphatic rings. The Kier molecular flexibility index (Phi) is 3.06. The first-order valence-corrected chi connectivity index (χ1v) is 6.90. The van der Waals surface area contributed by atoms with Gasteiger partial charge in [-0.25, -0.2) is 14.4 Å². The first kappa shape index (κ1) is 12.9. The van der Waals surface area contributed by atoms with Crippen LogP contribution in [-0.4, -0.2) is 21.6 Å². The van der Waals surface area contributed by atoms with Crippen LogP contribution in [0.1, 0.15) is 18.0 Å². The summed E-state index contributed by atoms with van der Waals surface area (Å²) in [6, 6.07) is 2.86. The van der Waals surface area contributed by atoms with Crippen molar-refractivity contribution in [2.24, 2.45) is 0 Å². The molecule has 0 aliphatic heterocycles. The Morgan fingerprint density at radius 3 is 2.90 bits per heavy atom. The highest BCUT2D eigenvalue weighted by Gasteiger charge is 2.19. The summed E-state index contributed by atoms with van der Waals surface area (Å²) in [4.78, 5) is 8.49. The highest BCUT2D eigenvalue weighted by Crippen LogP contribution is 2.31. The molecule has 3 aromatic rings. The molecule has 0 spiro atoms. The summed E-state index contributed by atoms with van der Waals surface area (Å²) >= 11 is 1.54. The van der Waals surface area contributed by atoms with Crippen molar-refractivity contribution < 1.29 is 9.13 Å². The SMILES string of the molecule is COc1cc2c(cc1F)nc(N)n2C(C)c1nccs1. The van der Waals surface area contributed by atoms with Gasteiger partial charge in [0, 0.05) is 23.7 Å². The summed E-state index contributed by atoms with van der Waals surface area (Å²) in [5.74, 6) is 0.0480. The Bertz CT molecular complexity index is 753. The number of nitrogens with zero attached hydrogens (tertiary/aromatic N) is 3. The fraction of sp³-hybridized carbons (Fsp3) is 0.231. The van der Waals surface area contributed by atoms with Gasteiger partial charge in [-0.3, -0.25) is 0 Å². The van der Waals surface area contributed by atoms with Gasteiger partial charge in [0.1, 0.15) is 5.01 Å². The summed E-state index contributed by atoms with van der Waals surface area (Å²) in [5, 5.41) is 2.82. The van der Waals surface area contributed by atoms with Gasteiger partial charge in [-0.15, -0.1) is 11.3 Å². The lowest BCUT2D eigenvalue weighted by atomic mass is 10.2. The first-order chi connectivity index (χ1) is 9.61. The molecule has 1 unspecified atom stereocenters. The Hall–Kier alpha value is -2.15. The van der Waals surface area contributed by atoms with Gasteiger partial charge in [-0.1, -0.05) is 0 Å². The van der Waals surface area contributed by atoms with E-state index in [-0.39, 0.29) is 11.8 Å². The zero-order valence-electron chi connectivity index (χ0n) is 11.0. The molecule has 5 nitrogen and oxygen atoms in total. The fourth-order valence-corrected chi connectivity index (χ4v) is 2.92. The van der Waals surface area contributed by atoms with E-state index in [0.29, 0.717) is 11.5 Å². The van der Waals surface area contributed by atoms with E-state index in [1.165, 1.54) is 24.5 Å². The quantitative estimate of drug-likeness (QED) is 0.806. The van der Waals surface area contributed by atoms with Gasteiger partial charge in [0.2, 0.25) is 5.95 Å². The molecule has 0 amide bonds. The van der Waals surface area contributed by atoms with Gasteiger partial charge in [0.05, 0.1) is 24.2 Å². The summed E-state index contributed by atoms with van der Waals surface area (Å²) in [7, 11) is 1.43. The van der Waals surface area contributed by atoms with Crippen LogP contribution in [0, 0.1) is 5.82 Å². The minimum Gasteiger partial charge on any atom is -0.494 e. The average Bonchev–Trinajstić information content (AvgIpc) is 3.03. The second-order valence-electron chi connectivity index (χ2n) is 4.36. The number of aromatic nitrogens is 3. The van der Waals surface area contributed by atoms with Gasteiger partial charge in [-0.05, 0) is 6.92 Å². The van der Waals surface area contributed by atoms with Crippen LogP contribution in [-0.2, 0) is 0 Å². The first-order valence-electron chi connectivity index (χ1n) is 6.02. The number of ether oxygens (including phenoxy) is 1. The van der Waals surface area contributed by atoms with E-state index in [9.17, 15) is 4.39 Å². The summed E-state index contributed by atoms with van der Waals surface area (Å²) in [6.45, 7) is 1.98. The maximum Gasteiger partial charge on any atom is 0.201 e. The molecule has 2 heterocycles. The molecule has 104 valence electrons. The molecule has 1 aromatic carbocycles. The predicted molar refractivity (Wildman–Crippen MR) is 76.6 cm³/mol. The third-order valence-electron chi connectivity index (χ3n) is 3.19. The molecule has 0 saturated heterocycles. The molecule has 2 N–H and O–H groups in total. The van der Waals surface area contributed by atoms with Crippen LogP contribution in [0.25, 0.3) is 11.0 Å². The van der Waals surface area contributed by atoms with Crippen molar-refractivity contribution in [3.8, 4) is 5.75 Å². The standard InChI is InChI=1S/C13H13FN4OS/c1-7(12-16-3-4-20-12)18-10-6-11(19-2)8(14)5-9(10)17-13(18)15/h3-7H,1-2H3,(H2,15,17). The number of nitrogen functional groups attached to an aromatic ring is 1. The number of thiazole rings is 1. The number of fused-ring (bicyclic) bond motifs is 1. The minimum absolute atomic E-state index is 0.0739. The lowest BCUT2D eigenvalue weighted by Gasteiger charge is -2.13. The predicted octanol–water partition coefficient (Wildman–Crippen LogP) is 2.83. The Labute approximate surface area is 118 Å². The smallest absolute Gasteiger partial charge is 0.201 e. The molecule has 1 atom stereocenters. The Morgan fingerprint density at radius 2 is 2.25 bits per heavy atom. The summed E-state index contributed by atoms with van der Waals surface area (Å²) < 4.78 is 20.6. The van der Waals surface area contributed by atoms with Crippen molar-refractivity contribution in [1.82, 2.24) is 14.5 Å². The number of benzene rings is 1. The average molecular weight is 292 g/mol. The van der Waals surface area contributed by atoms with Crippen molar-refractivity contribution in [2.75, 3.05) is 12.8 Å². The molecule has 20 heavy (non-hydrogen) atoms. The molecule has 3 rings (SSSR count). The van der Waals surface area contributed by atoms with Crippen LogP contribution >= 0.6 is 11.3 Å². The Morgan fingerprint density at radius 1 is 1.45 bits per heavy atom. The molecule has 0 saturated carbocycles. The second-order valence-corrected chi connectivity index (χ2v) is 5.29. The monoisotopic (exact) mass is 292 g/mol. The maximum atomic E-state index is 13.7. The van der Waals surface area contributed by atoms with E-state index in [4.69, 9.17) is 10.5 Å². The molecule has 0 aliphatic carbocycles. The van der Waals surface area contributed by atoms with Crippen LogP contribution in [0.5, 0.6) is 5.75 Å². The molecule has 0 radical (unpaired) electrons. The zero-order chi connectivity index (χ0) is 14.3. The van der Waals surface area contributed by atoms with E-state index in [1.807, 2.05) is 16.9 Å². The molecule has 7 heteroatoms. The van der Waals surface area contributed by atoms with Crippen molar-refractivity contribution in [3.05, 3.63) is 34.5 Å². The maximum absolute atomic E-state index is 13.7. The van der Waals surface area contributed by atoms with Crippen LogP contribution < -0.4 is 10.5 Å². The normalized spacial score (nSPS) is 12.8. The number of nitrogens with two attached hydrogens (primary N) is 1. The highest BCUT2D eigenvalue weighted by atomic mass is 32.1. The minimum atomic E-state index is -0.452. The van der Waals surface area contributed by atoms with Gasteiger partial charge in [0.25, 0.3) is 0 Å². The van der Waals surface area contributed by atoms with Crippen molar-refractivity contribution in [3.63, 3.8) is 0 Å². The van der Waals surface area contributed by atoms with Crippen LogP contribution in [0.3, 0.4) is 0 Å². The fourth-order valence-electron chi connectivity index (χ4n) is 2.23.